The average Bonchev–Trinajstić information content (AvgIpc) is 2.56. The van der Waals surface area contributed by atoms with E-state index in [0.29, 0.717) is 0 Å². The summed E-state index contributed by atoms with van der Waals surface area (Å²) in [5.74, 6) is 0.980. The Morgan fingerprint density at radius 2 is 2.50 bits per heavy atom. The zero-order valence-electron chi connectivity index (χ0n) is 8.40. The molecular formula is C9H15N5. The number of nitrogens with zero attached hydrogens (tertiary/aromatic N) is 4. The molecule has 0 radical (unpaired) electrons. The lowest BCUT2D eigenvalue weighted by atomic mass is 10.3. The highest BCUT2D eigenvalue weighted by molar-refractivity contribution is 5.01. The quantitative estimate of drug-likeness (QED) is 0.702. The molecule has 1 aliphatic heterocycles. The second-order valence-corrected chi connectivity index (χ2v) is 3.46. The summed E-state index contributed by atoms with van der Waals surface area (Å²) in [6, 6.07) is 0. The molecule has 0 spiro atoms. The van der Waals surface area contributed by atoms with E-state index in [1.54, 1.807) is 11.0 Å². The van der Waals surface area contributed by atoms with E-state index in [1.807, 2.05) is 7.05 Å². The molecule has 0 aliphatic carbocycles. The number of rotatable bonds is 2. The van der Waals surface area contributed by atoms with Gasteiger partial charge < -0.3 is 10.2 Å². The van der Waals surface area contributed by atoms with Gasteiger partial charge in [-0.3, -0.25) is 4.68 Å². The minimum absolute atomic E-state index is 0.803. The van der Waals surface area contributed by atoms with Crippen LogP contribution < -0.4 is 5.32 Å². The molecule has 5 nitrogen and oxygen atoms in total. The van der Waals surface area contributed by atoms with Crippen molar-refractivity contribution in [2.24, 2.45) is 7.05 Å². The summed E-state index contributed by atoms with van der Waals surface area (Å²) in [6.07, 6.45) is 1.58. The maximum Gasteiger partial charge on any atom is 0.146 e. The zero-order chi connectivity index (χ0) is 9.97. The normalized spacial score (nSPS) is 17.5. The van der Waals surface area contributed by atoms with E-state index < -0.39 is 0 Å². The molecule has 14 heavy (non-hydrogen) atoms. The number of aromatic nitrogens is 3. The van der Waals surface area contributed by atoms with Crippen molar-refractivity contribution < 1.29 is 0 Å². The Labute approximate surface area is 83.4 Å². The van der Waals surface area contributed by atoms with Crippen molar-refractivity contribution >= 4 is 0 Å². The maximum atomic E-state index is 4.19. The Morgan fingerprint density at radius 1 is 1.64 bits per heavy atom. The van der Waals surface area contributed by atoms with Gasteiger partial charge in [-0.15, -0.1) is 0 Å². The number of hydrogen-bond acceptors (Lipinski definition) is 4. The fourth-order valence-electron chi connectivity index (χ4n) is 1.54. The van der Waals surface area contributed by atoms with Crippen LogP contribution in [0.2, 0.25) is 0 Å². The summed E-state index contributed by atoms with van der Waals surface area (Å²) in [7, 11) is 1.91. The van der Waals surface area contributed by atoms with Crippen molar-refractivity contribution in [3.8, 4) is 0 Å². The summed E-state index contributed by atoms with van der Waals surface area (Å²) in [6.45, 7) is 7.69. The first-order chi connectivity index (χ1) is 6.77. The summed E-state index contributed by atoms with van der Waals surface area (Å²) in [5.41, 5.74) is 1.12. The molecule has 1 aromatic heterocycles. The molecule has 1 N–H and O–H groups in total. The van der Waals surface area contributed by atoms with Crippen molar-refractivity contribution in [3.05, 3.63) is 24.4 Å². The van der Waals surface area contributed by atoms with Gasteiger partial charge in [0.15, 0.2) is 0 Å². The minimum atomic E-state index is 0.803. The molecule has 5 heteroatoms. The molecule has 1 aromatic rings. The smallest absolute Gasteiger partial charge is 0.146 e. The fourth-order valence-corrected chi connectivity index (χ4v) is 1.54. The van der Waals surface area contributed by atoms with Gasteiger partial charge in [0.25, 0.3) is 0 Å². The van der Waals surface area contributed by atoms with Gasteiger partial charge in [0.05, 0.1) is 6.54 Å². The largest absolute Gasteiger partial charge is 0.365 e. The molecule has 0 bridgehead atoms. The molecule has 1 fully saturated rings. The van der Waals surface area contributed by atoms with Crippen LogP contribution in [0.25, 0.3) is 0 Å². The second kappa shape index (κ2) is 3.79. The summed E-state index contributed by atoms with van der Waals surface area (Å²) in [4.78, 5) is 6.43. The monoisotopic (exact) mass is 193 g/mol. The van der Waals surface area contributed by atoms with E-state index in [-0.39, 0.29) is 0 Å². The third-order valence-corrected chi connectivity index (χ3v) is 2.47. The van der Waals surface area contributed by atoms with E-state index in [1.165, 1.54) is 0 Å². The minimum Gasteiger partial charge on any atom is -0.365 e. The highest BCUT2D eigenvalue weighted by Crippen LogP contribution is 2.08. The van der Waals surface area contributed by atoms with Crippen LogP contribution in [0.15, 0.2) is 18.6 Å². The topological polar surface area (TPSA) is 46.0 Å². The van der Waals surface area contributed by atoms with Crippen LogP contribution >= 0.6 is 0 Å². The highest BCUT2D eigenvalue weighted by Gasteiger charge is 2.14. The van der Waals surface area contributed by atoms with E-state index >= 15 is 0 Å². The van der Waals surface area contributed by atoms with Crippen LogP contribution in [0.4, 0.5) is 0 Å². The molecule has 0 saturated carbocycles. The van der Waals surface area contributed by atoms with Crippen molar-refractivity contribution in [1.29, 1.82) is 0 Å². The zero-order valence-corrected chi connectivity index (χ0v) is 8.40. The number of aryl methyl sites for hydroxylation is 1. The van der Waals surface area contributed by atoms with Crippen molar-refractivity contribution in [1.82, 2.24) is 25.0 Å². The second-order valence-electron chi connectivity index (χ2n) is 3.46. The van der Waals surface area contributed by atoms with E-state index in [2.05, 4.69) is 26.9 Å². The van der Waals surface area contributed by atoms with Gasteiger partial charge in [-0.2, -0.15) is 5.10 Å². The fraction of sp³-hybridized carbons (Fsp3) is 0.556. The van der Waals surface area contributed by atoms with Gasteiger partial charge >= 0.3 is 0 Å². The molecule has 0 aromatic carbocycles. The summed E-state index contributed by atoms with van der Waals surface area (Å²) < 4.78 is 1.80. The van der Waals surface area contributed by atoms with E-state index in [9.17, 15) is 0 Å². The molecule has 1 aliphatic rings. The molecule has 1 saturated heterocycles. The van der Waals surface area contributed by atoms with Crippen LogP contribution in [0.5, 0.6) is 0 Å². The lowest BCUT2D eigenvalue weighted by Crippen LogP contribution is -2.41. The first kappa shape index (κ1) is 9.21. The van der Waals surface area contributed by atoms with Crippen molar-refractivity contribution in [2.75, 3.05) is 19.6 Å². The molecule has 2 heterocycles. The van der Waals surface area contributed by atoms with Gasteiger partial charge in [-0.05, 0) is 0 Å². The standard InChI is InChI=1S/C9H15N5/c1-8-5-10-3-4-14(8)6-9-11-7-12-13(9)2/h7,10H,1,3-6H2,2H3. The molecule has 76 valence electrons. The van der Waals surface area contributed by atoms with Crippen molar-refractivity contribution in [3.63, 3.8) is 0 Å². The number of piperazine rings is 1. The van der Waals surface area contributed by atoms with Crippen LogP contribution in [0.3, 0.4) is 0 Å². The average molecular weight is 193 g/mol. The molecular weight excluding hydrogens is 178 g/mol. The van der Waals surface area contributed by atoms with E-state index in [0.717, 1.165) is 37.7 Å². The van der Waals surface area contributed by atoms with Gasteiger partial charge in [0.1, 0.15) is 12.2 Å². The first-order valence-corrected chi connectivity index (χ1v) is 4.73. The third kappa shape index (κ3) is 1.77. The molecule has 0 atom stereocenters. The van der Waals surface area contributed by atoms with Gasteiger partial charge in [-0.1, -0.05) is 6.58 Å². The lowest BCUT2D eigenvalue weighted by Gasteiger charge is -2.30. The summed E-state index contributed by atoms with van der Waals surface area (Å²) >= 11 is 0. The highest BCUT2D eigenvalue weighted by atomic mass is 15.3. The third-order valence-electron chi connectivity index (χ3n) is 2.47. The molecule has 0 amide bonds. The van der Waals surface area contributed by atoms with Crippen molar-refractivity contribution in [2.45, 2.75) is 6.54 Å². The van der Waals surface area contributed by atoms with Crippen LogP contribution in [-0.4, -0.2) is 39.3 Å². The molecule has 2 rings (SSSR count). The molecule has 0 unspecified atom stereocenters. The first-order valence-electron chi connectivity index (χ1n) is 4.73. The van der Waals surface area contributed by atoms with Crippen LogP contribution in [0, 0.1) is 0 Å². The predicted molar refractivity (Wildman–Crippen MR) is 53.4 cm³/mol. The summed E-state index contributed by atoms with van der Waals surface area (Å²) in [5, 5.41) is 7.32. The van der Waals surface area contributed by atoms with Crippen LogP contribution in [-0.2, 0) is 13.6 Å². The lowest BCUT2D eigenvalue weighted by molar-refractivity contribution is 0.285. The number of hydrogen-bond donors (Lipinski definition) is 1. The predicted octanol–water partition coefficient (Wildman–Crippen LogP) is -0.266. The Morgan fingerprint density at radius 3 is 3.14 bits per heavy atom. The number of nitrogens with one attached hydrogen (secondary N) is 1. The van der Waals surface area contributed by atoms with Gasteiger partial charge in [0.2, 0.25) is 0 Å². The van der Waals surface area contributed by atoms with Gasteiger partial charge in [0, 0.05) is 32.4 Å². The Hall–Kier alpha value is -1.36. The van der Waals surface area contributed by atoms with E-state index in [4.69, 9.17) is 0 Å². The SMILES string of the molecule is C=C1CNCCN1Cc1ncnn1C. The van der Waals surface area contributed by atoms with Crippen LogP contribution in [0.1, 0.15) is 5.82 Å². The Kier molecular flexibility index (Phi) is 2.49. The Balaban J connectivity index is 2.03. The van der Waals surface area contributed by atoms with Gasteiger partial charge in [-0.25, -0.2) is 4.98 Å². The Bertz CT molecular complexity index is 330. The maximum absolute atomic E-state index is 4.19.